The molecule has 0 saturated heterocycles. The van der Waals surface area contributed by atoms with Crippen molar-refractivity contribution in [2.24, 2.45) is 0 Å². The van der Waals surface area contributed by atoms with Crippen molar-refractivity contribution in [3.63, 3.8) is 0 Å². The first-order valence-corrected chi connectivity index (χ1v) is 6.07. The van der Waals surface area contributed by atoms with Gasteiger partial charge in [0.2, 0.25) is 0 Å². The first-order valence-electron chi connectivity index (χ1n) is 6.07. The minimum absolute atomic E-state index is 0.0796. The third-order valence-corrected chi connectivity index (χ3v) is 3.19. The largest absolute Gasteiger partial charge is 0.375 e. The average Bonchev–Trinajstić information content (AvgIpc) is 2.37. The summed E-state index contributed by atoms with van der Waals surface area (Å²) in [5, 5.41) is 8.79. The van der Waals surface area contributed by atoms with Gasteiger partial charge in [-0.2, -0.15) is 5.26 Å². The molecule has 0 aliphatic heterocycles. The predicted molar refractivity (Wildman–Crippen MR) is 74.4 cm³/mol. The highest BCUT2D eigenvalue weighted by Crippen LogP contribution is 2.26. The lowest BCUT2D eigenvalue weighted by Gasteiger charge is -2.24. The SMILES string of the molecule is COC(C)(C)/C=C/C(C)(C)c1ccc(C#N)cc1. The molecule has 0 aliphatic carbocycles. The minimum atomic E-state index is -0.260. The van der Waals surface area contributed by atoms with Crippen molar-refractivity contribution < 1.29 is 4.74 Å². The van der Waals surface area contributed by atoms with E-state index in [2.05, 4.69) is 32.1 Å². The first-order chi connectivity index (χ1) is 8.30. The quantitative estimate of drug-likeness (QED) is 0.753. The maximum absolute atomic E-state index is 8.79. The zero-order chi connectivity index (χ0) is 13.8. The zero-order valence-corrected chi connectivity index (χ0v) is 11.8. The molecule has 0 saturated carbocycles. The standard InChI is InChI=1S/C16H21NO/c1-15(2,10-11-16(3,4)18-5)14-8-6-13(12-17)7-9-14/h6-11H,1-5H3/b11-10+. The van der Waals surface area contributed by atoms with Crippen LogP contribution in [0.3, 0.4) is 0 Å². The highest BCUT2D eigenvalue weighted by molar-refractivity contribution is 5.36. The van der Waals surface area contributed by atoms with Crippen LogP contribution in [-0.4, -0.2) is 12.7 Å². The zero-order valence-electron chi connectivity index (χ0n) is 11.8. The van der Waals surface area contributed by atoms with Crippen LogP contribution in [0.15, 0.2) is 36.4 Å². The van der Waals surface area contributed by atoms with Crippen molar-refractivity contribution in [1.82, 2.24) is 0 Å². The number of hydrogen-bond acceptors (Lipinski definition) is 2. The summed E-state index contributed by atoms with van der Waals surface area (Å²) in [7, 11) is 1.71. The van der Waals surface area contributed by atoms with Crippen molar-refractivity contribution in [3.05, 3.63) is 47.5 Å². The molecule has 18 heavy (non-hydrogen) atoms. The Morgan fingerprint density at radius 2 is 1.61 bits per heavy atom. The fourth-order valence-electron chi connectivity index (χ4n) is 1.55. The van der Waals surface area contributed by atoms with E-state index in [-0.39, 0.29) is 11.0 Å². The molecule has 1 rings (SSSR count). The van der Waals surface area contributed by atoms with Crippen molar-refractivity contribution in [1.29, 1.82) is 5.26 Å². The molecule has 2 nitrogen and oxygen atoms in total. The van der Waals surface area contributed by atoms with Gasteiger partial charge in [0.15, 0.2) is 0 Å². The van der Waals surface area contributed by atoms with Gasteiger partial charge in [0.05, 0.1) is 17.2 Å². The summed E-state index contributed by atoms with van der Waals surface area (Å²) in [6, 6.07) is 9.85. The molecule has 0 aromatic heterocycles. The normalized spacial score (nSPS) is 12.7. The lowest BCUT2D eigenvalue weighted by Crippen LogP contribution is -2.21. The molecule has 2 heteroatoms. The number of allylic oxidation sites excluding steroid dienone is 1. The van der Waals surface area contributed by atoms with E-state index in [4.69, 9.17) is 10.00 Å². The van der Waals surface area contributed by atoms with Gasteiger partial charge in [0, 0.05) is 12.5 Å². The Morgan fingerprint density at radius 3 is 2.06 bits per heavy atom. The summed E-state index contributed by atoms with van der Waals surface area (Å²) in [6.07, 6.45) is 4.23. The van der Waals surface area contributed by atoms with Gasteiger partial charge in [-0.05, 0) is 31.5 Å². The van der Waals surface area contributed by atoms with Crippen LogP contribution in [0.1, 0.15) is 38.8 Å². The van der Waals surface area contributed by atoms with E-state index < -0.39 is 0 Å². The van der Waals surface area contributed by atoms with Crippen LogP contribution in [0.25, 0.3) is 0 Å². The van der Waals surface area contributed by atoms with Crippen LogP contribution < -0.4 is 0 Å². The second-order valence-electron chi connectivity index (χ2n) is 5.55. The van der Waals surface area contributed by atoms with Crippen molar-refractivity contribution in [3.8, 4) is 6.07 Å². The second kappa shape index (κ2) is 5.37. The molecule has 0 spiro atoms. The van der Waals surface area contributed by atoms with E-state index in [1.165, 1.54) is 5.56 Å². The summed E-state index contributed by atoms with van der Waals surface area (Å²) in [6.45, 7) is 8.35. The van der Waals surface area contributed by atoms with Gasteiger partial charge in [-0.25, -0.2) is 0 Å². The lowest BCUT2D eigenvalue weighted by atomic mass is 9.83. The van der Waals surface area contributed by atoms with E-state index in [0.29, 0.717) is 5.56 Å². The molecule has 0 unspecified atom stereocenters. The van der Waals surface area contributed by atoms with Crippen LogP contribution in [0.2, 0.25) is 0 Å². The number of methoxy groups -OCH3 is 1. The smallest absolute Gasteiger partial charge is 0.0991 e. The fraction of sp³-hybridized carbons (Fsp3) is 0.438. The Hall–Kier alpha value is -1.59. The molecular weight excluding hydrogens is 222 g/mol. The lowest BCUT2D eigenvalue weighted by molar-refractivity contribution is 0.0650. The predicted octanol–water partition coefficient (Wildman–Crippen LogP) is 3.82. The Balaban J connectivity index is 2.95. The van der Waals surface area contributed by atoms with Crippen LogP contribution in [0.5, 0.6) is 0 Å². The van der Waals surface area contributed by atoms with E-state index in [1.54, 1.807) is 7.11 Å². The van der Waals surface area contributed by atoms with Gasteiger partial charge in [0.1, 0.15) is 0 Å². The minimum Gasteiger partial charge on any atom is -0.375 e. The van der Waals surface area contributed by atoms with Gasteiger partial charge in [-0.1, -0.05) is 38.1 Å². The molecule has 0 N–H and O–H groups in total. The maximum Gasteiger partial charge on any atom is 0.0991 e. The summed E-state index contributed by atoms with van der Waals surface area (Å²) >= 11 is 0. The molecule has 96 valence electrons. The molecule has 0 aliphatic rings. The highest BCUT2D eigenvalue weighted by atomic mass is 16.5. The molecular formula is C16H21NO. The van der Waals surface area contributed by atoms with Crippen LogP contribution >= 0.6 is 0 Å². The third kappa shape index (κ3) is 3.72. The van der Waals surface area contributed by atoms with E-state index in [1.807, 2.05) is 38.1 Å². The van der Waals surface area contributed by atoms with Gasteiger partial charge in [-0.15, -0.1) is 0 Å². The van der Waals surface area contributed by atoms with E-state index >= 15 is 0 Å². The number of rotatable bonds is 4. The summed E-state index contributed by atoms with van der Waals surface area (Å²) in [4.78, 5) is 0. The molecule has 0 radical (unpaired) electrons. The number of nitriles is 1. The maximum atomic E-state index is 8.79. The summed E-state index contributed by atoms with van der Waals surface area (Å²) in [5.74, 6) is 0. The van der Waals surface area contributed by atoms with Gasteiger partial charge < -0.3 is 4.74 Å². The molecule has 0 fully saturated rings. The molecule has 1 aromatic carbocycles. The van der Waals surface area contributed by atoms with Gasteiger partial charge >= 0.3 is 0 Å². The van der Waals surface area contributed by atoms with Gasteiger partial charge in [-0.3, -0.25) is 0 Å². The monoisotopic (exact) mass is 243 g/mol. The molecule has 1 aromatic rings. The molecule has 0 atom stereocenters. The third-order valence-electron chi connectivity index (χ3n) is 3.19. The summed E-state index contributed by atoms with van der Waals surface area (Å²) < 4.78 is 5.38. The summed E-state index contributed by atoms with van der Waals surface area (Å²) in [5.41, 5.74) is 1.54. The Kier molecular flexibility index (Phi) is 4.32. The van der Waals surface area contributed by atoms with Crippen LogP contribution in [0, 0.1) is 11.3 Å². The van der Waals surface area contributed by atoms with Gasteiger partial charge in [0.25, 0.3) is 0 Å². The second-order valence-corrected chi connectivity index (χ2v) is 5.55. The topological polar surface area (TPSA) is 33.0 Å². The van der Waals surface area contributed by atoms with Crippen molar-refractivity contribution in [2.45, 2.75) is 38.7 Å². The number of benzene rings is 1. The molecule has 0 heterocycles. The fourth-order valence-corrected chi connectivity index (χ4v) is 1.55. The van der Waals surface area contributed by atoms with Crippen LogP contribution in [0.4, 0.5) is 0 Å². The first kappa shape index (κ1) is 14.5. The Labute approximate surface area is 110 Å². The van der Waals surface area contributed by atoms with Crippen molar-refractivity contribution >= 4 is 0 Å². The molecule has 0 amide bonds. The van der Waals surface area contributed by atoms with E-state index in [9.17, 15) is 0 Å². The van der Waals surface area contributed by atoms with Crippen molar-refractivity contribution in [2.75, 3.05) is 7.11 Å². The molecule has 0 bridgehead atoms. The Bertz CT molecular complexity index is 461. The number of nitrogens with zero attached hydrogens (tertiary/aromatic N) is 1. The Morgan fingerprint density at radius 1 is 1.06 bits per heavy atom. The van der Waals surface area contributed by atoms with Crippen LogP contribution in [-0.2, 0) is 10.2 Å². The number of hydrogen-bond donors (Lipinski definition) is 0. The average molecular weight is 243 g/mol. The van der Waals surface area contributed by atoms with E-state index in [0.717, 1.165) is 0 Å². The highest BCUT2D eigenvalue weighted by Gasteiger charge is 2.19. The number of ether oxygens (including phenoxy) is 1.